The molecule has 0 fully saturated rings. The minimum Gasteiger partial charge on any atom is -0.480 e. The SMILES string of the molecule is Cc1nn(C)cc1S(=O)(=O)NCC(=O)O. The summed E-state index contributed by atoms with van der Waals surface area (Å²) in [4.78, 5) is 10.2. The molecule has 0 amide bonds. The first-order chi connectivity index (χ1) is 6.83. The molecular formula is C7H11N3O4S. The number of nitrogens with zero attached hydrogens (tertiary/aromatic N) is 2. The van der Waals surface area contributed by atoms with Gasteiger partial charge in [0.05, 0.1) is 5.69 Å². The molecule has 0 saturated carbocycles. The molecule has 7 nitrogen and oxygen atoms in total. The maximum Gasteiger partial charge on any atom is 0.318 e. The Kier molecular flexibility index (Phi) is 3.10. The van der Waals surface area contributed by atoms with Gasteiger partial charge in [-0.3, -0.25) is 9.48 Å². The standard InChI is InChI=1S/C7H11N3O4S/c1-5-6(4-10(2)9-5)15(13,14)8-3-7(11)12/h4,8H,3H2,1-2H3,(H,11,12). The van der Waals surface area contributed by atoms with Crippen LogP contribution in [0.3, 0.4) is 0 Å². The number of hydrogen-bond acceptors (Lipinski definition) is 4. The second-order valence-electron chi connectivity index (χ2n) is 2.97. The molecule has 0 unspecified atom stereocenters. The molecule has 0 bridgehead atoms. The van der Waals surface area contributed by atoms with Crippen LogP contribution in [0.4, 0.5) is 0 Å². The van der Waals surface area contributed by atoms with Crippen molar-refractivity contribution in [2.75, 3.05) is 6.54 Å². The molecule has 1 heterocycles. The third-order valence-electron chi connectivity index (χ3n) is 1.67. The van der Waals surface area contributed by atoms with E-state index < -0.39 is 22.5 Å². The molecule has 0 saturated heterocycles. The van der Waals surface area contributed by atoms with E-state index in [1.54, 1.807) is 7.05 Å². The fourth-order valence-electron chi connectivity index (χ4n) is 1.08. The number of hydrogen-bond donors (Lipinski definition) is 2. The molecule has 0 radical (unpaired) electrons. The number of carbonyl (C=O) groups is 1. The van der Waals surface area contributed by atoms with Crippen LogP contribution in [0.5, 0.6) is 0 Å². The van der Waals surface area contributed by atoms with Crippen LogP contribution in [-0.4, -0.2) is 35.8 Å². The molecular weight excluding hydrogens is 222 g/mol. The summed E-state index contributed by atoms with van der Waals surface area (Å²) >= 11 is 0. The van der Waals surface area contributed by atoms with E-state index in [2.05, 4.69) is 5.10 Å². The molecule has 0 atom stereocenters. The van der Waals surface area contributed by atoms with Gasteiger partial charge in [0.15, 0.2) is 0 Å². The van der Waals surface area contributed by atoms with Crippen LogP contribution < -0.4 is 4.72 Å². The van der Waals surface area contributed by atoms with Crippen molar-refractivity contribution in [1.29, 1.82) is 0 Å². The van der Waals surface area contributed by atoms with Crippen LogP contribution in [0.1, 0.15) is 5.69 Å². The maximum absolute atomic E-state index is 11.5. The lowest BCUT2D eigenvalue weighted by Crippen LogP contribution is -2.29. The number of aryl methyl sites for hydroxylation is 2. The molecule has 84 valence electrons. The van der Waals surface area contributed by atoms with E-state index in [4.69, 9.17) is 5.11 Å². The van der Waals surface area contributed by atoms with Crippen LogP contribution in [-0.2, 0) is 21.9 Å². The van der Waals surface area contributed by atoms with Gasteiger partial charge in [0.2, 0.25) is 10.0 Å². The molecule has 0 aliphatic carbocycles. The molecule has 0 aliphatic heterocycles. The van der Waals surface area contributed by atoms with Gasteiger partial charge < -0.3 is 5.11 Å². The average Bonchev–Trinajstić information content (AvgIpc) is 2.43. The first-order valence-corrected chi connectivity index (χ1v) is 5.53. The Morgan fingerprint density at radius 3 is 2.67 bits per heavy atom. The van der Waals surface area contributed by atoms with Crippen molar-refractivity contribution in [2.45, 2.75) is 11.8 Å². The number of aromatic nitrogens is 2. The van der Waals surface area contributed by atoms with Crippen molar-refractivity contribution < 1.29 is 18.3 Å². The predicted octanol–water partition coefficient (Wildman–Crippen LogP) is -0.909. The van der Waals surface area contributed by atoms with Gasteiger partial charge >= 0.3 is 5.97 Å². The third-order valence-corrected chi connectivity index (χ3v) is 3.18. The van der Waals surface area contributed by atoms with Crippen molar-refractivity contribution in [2.24, 2.45) is 7.05 Å². The molecule has 0 aromatic carbocycles. The van der Waals surface area contributed by atoms with Crippen molar-refractivity contribution in [3.8, 4) is 0 Å². The summed E-state index contributed by atoms with van der Waals surface area (Å²) in [5.74, 6) is -1.24. The molecule has 15 heavy (non-hydrogen) atoms. The Hall–Kier alpha value is -1.41. The normalized spacial score (nSPS) is 11.6. The zero-order valence-electron chi connectivity index (χ0n) is 8.26. The second-order valence-corrected chi connectivity index (χ2v) is 4.71. The lowest BCUT2D eigenvalue weighted by Gasteiger charge is -2.01. The number of aliphatic carboxylic acids is 1. The van der Waals surface area contributed by atoms with Crippen LogP contribution >= 0.6 is 0 Å². The van der Waals surface area contributed by atoms with E-state index in [9.17, 15) is 13.2 Å². The topological polar surface area (TPSA) is 101 Å². The largest absolute Gasteiger partial charge is 0.480 e. The van der Waals surface area contributed by atoms with Crippen molar-refractivity contribution in [3.05, 3.63) is 11.9 Å². The highest BCUT2D eigenvalue weighted by molar-refractivity contribution is 7.89. The molecule has 1 aromatic heterocycles. The van der Waals surface area contributed by atoms with Gasteiger partial charge in [0.1, 0.15) is 11.4 Å². The van der Waals surface area contributed by atoms with Gasteiger partial charge in [-0.1, -0.05) is 0 Å². The summed E-state index contributed by atoms with van der Waals surface area (Å²) in [5, 5.41) is 12.2. The Morgan fingerprint density at radius 1 is 1.67 bits per heavy atom. The number of sulfonamides is 1. The van der Waals surface area contributed by atoms with E-state index in [0.29, 0.717) is 5.69 Å². The van der Waals surface area contributed by atoms with Crippen LogP contribution in [0.2, 0.25) is 0 Å². The minimum atomic E-state index is -3.78. The Bertz CT molecular complexity index is 476. The summed E-state index contributed by atoms with van der Waals surface area (Å²) in [6.45, 7) is 0.895. The van der Waals surface area contributed by atoms with Crippen molar-refractivity contribution in [1.82, 2.24) is 14.5 Å². The highest BCUT2D eigenvalue weighted by Gasteiger charge is 2.20. The molecule has 1 rings (SSSR count). The minimum absolute atomic E-state index is 0.00810. The number of rotatable bonds is 4. The number of nitrogens with one attached hydrogen (secondary N) is 1. The van der Waals surface area contributed by atoms with Crippen LogP contribution in [0, 0.1) is 6.92 Å². The predicted molar refractivity (Wildman–Crippen MR) is 50.8 cm³/mol. The van der Waals surface area contributed by atoms with Gasteiger partial charge in [-0.05, 0) is 6.92 Å². The van der Waals surface area contributed by atoms with E-state index in [1.807, 2.05) is 4.72 Å². The lowest BCUT2D eigenvalue weighted by molar-refractivity contribution is -0.135. The molecule has 0 aliphatic rings. The summed E-state index contributed by atoms with van der Waals surface area (Å²) < 4.78 is 26.4. The summed E-state index contributed by atoms with van der Waals surface area (Å²) in [6.07, 6.45) is 1.32. The van der Waals surface area contributed by atoms with Crippen LogP contribution in [0.15, 0.2) is 11.1 Å². The van der Waals surface area contributed by atoms with Gasteiger partial charge in [-0.25, -0.2) is 8.42 Å². The van der Waals surface area contributed by atoms with E-state index in [0.717, 1.165) is 0 Å². The molecule has 8 heteroatoms. The summed E-state index contributed by atoms with van der Waals surface area (Å²) in [6, 6.07) is 0. The van der Waals surface area contributed by atoms with E-state index >= 15 is 0 Å². The van der Waals surface area contributed by atoms with Crippen molar-refractivity contribution in [3.63, 3.8) is 0 Å². The van der Waals surface area contributed by atoms with Gasteiger partial charge in [0, 0.05) is 13.2 Å². The Balaban J connectivity index is 2.96. The van der Waals surface area contributed by atoms with Gasteiger partial charge in [-0.2, -0.15) is 9.82 Å². The van der Waals surface area contributed by atoms with Gasteiger partial charge in [-0.15, -0.1) is 0 Å². The zero-order valence-corrected chi connectivity index (χ0v) is 9.08. The highest BCUT2D eigenvalue weighted by Crippen LogP contribution is 2.11. The lowest BCUT2D eigenvalue weighted by atomic mass is 10.5. The van der Waals surface area contributed by atoms with E-state index in [1.165, 1.54) is 17.8 Å². The monoisotopic (exact) mass is 233 g/mol. The Labute approximate surface area is 86.8 Å². The molecule has 2 N–H and O–H groups in total. The maximum atomic E-state index is 11.5. The summed E-state index contributed by atoms with van der Waals surface area (Å²) in [7, 11) is -2.19. The quantitative estimate of drug-likeness (QED) is 0.701. The third kappa shape index (κ3) is 2.77. The fraction of sp³-hybridized carbons (Fsp3) is 0.429. The first kappa shape index (κ1) is 11.7. The van der Waals surface area contributed by atoms with Crippen LogP contribution in [0.25, 0.3) is 0 Å². The zero-order chi connectivity index (χ0) is 11.6. The number of carboxylic acids is 1. The second kappa shape index (κ2) is 3.99. The average molecular weight is 233 g/mol. The van der Waals surface area contributed by atoms with Crippen molar-refractivity contribution >= 4 is 16.0 Å². The fourth-order valence-corrected chi connectivity index (χ4v) is 2.27. The number of carboxylic acid groups (broad SMARTS) is 1. The van der Waals surface area contributed by atoms with E-state index in [-0.39, 0.29) is 4.90 Å². The molecule has 1 aromatic rings. The highest BCUT2D eigenvalue weighted by atomic mass is 32.2. The molecule has 0 spiro atoms. The summed E-state index contributed by atoms with van der Waals surface area (Å²) in [5.41, 5.74) is 0.329. The Morgan fingerprint density at radius 2 is 2.27 bits per heavy atom. The smallest absolute Gasteiger partial charge is 0.318 e. The van der Waals surface area contributed by atoms with Gasteiger partial charge in [0.25, 0.3) is 0 Å². The first-order valence-electron chi connectivity index (χ1n) is 4.04.